The number of halogens is 2. The van der Waals surface area contributed by atoms with Gasteiger partial charge >= 0.3 is 0 Å². The van der Waals surface area contributed by atoms with E-state index in [1.807, 2.05) is 12.1 Å². The third-order valence-electron chi connectivity index (χ3n) is 3.02. The Labute approximate surface area is 119 Å². The lowest BCUT2D eigenvalue weighted by molar-refractivity contribution is 0.122. The third-order valence-corrected chi connectivity index (χ3v) is 3.62. The van der Waals surface area contributed by atoms with Gasteiger partial charge in [0.05, 0.1) is 0 Å². The zero-order valence-electron chi connectivity index (χ0n) is 10.4. The van der Waals surface area contributed by atoms with Crippen molar-refractivity contribution in [2.24, 2.45) is 5.92 Å². The van der Waals surface area contributed by atoms with Crippen LogP contribution in [0.1, 0.15) is 24.8 Å². The Balaban J connectivity index is 1.55. The second kappa shape index (κ2) is 7.34. The summed E-state index contributed by atoms with van der Waals surface area (Å²) < 4.78 is 5.57. The number of hydrogen-bond donors (Lipinski definition) is 1. The maximum absolute atomic E-state index is 6.08. The molecular formula is C14H19Cl2NO. The maximum atomic E-state index is 6.08. The number of rotatable bonds is 8. The van der Waals surface area contributed by atoms with E-state index in [4.69, 9.17) is 27.9 Å². The third kappa shape index (κ3) is 5.15. The summed E-state index contributed by atoms with van der Waals surface area (Å²) in [5.41, 5.74) is 1.04. The van der Waals surface area contributed by atoms with Crippen LogP contribution in [0.4, 0.5) is 0 Å². The van der Waals surface area contributed by atoms with E-state index in [9.17, 15) is 0 Å². The van der Waals surface area contributed by atoms with Gasteiger partial charge in [-0.05, 0) is 55.5 Å². The average Bonchev–Trinajstić information content (AvgIpc) is 3.16. The molecule has 18 heavy (non-hydrogen) atoms. The Bertz CT molecular complexity index is 380. The van der Waals surface area contributed by atoms with E-state index in [-0.39, 0.29) is 0 Å². The quantitative estimate of drug-likeness (QED) is 0.732. The van der Waals surface area contributed by atoms with Crippen LogP contribution >= 0.6 is 23.2 Å². The molecule has 0 atom stereocenters. The molecule has 100 valence electrons. The van der Waals surface area contributed by atoms with Crippen LogP contribution in [-0.4, -0.2) is 19.8 Å². The van der Waals surface area contributed by atoms with Crippen molar-refractivity contribution in [3.05, 3.63) is 33.8 Å². The van der Waals surface area contributed by atoms with E-state index in [1.54, 1.807) is 6.07 Å². The maximum Gasteiger partial charge on any atom is 0.0494 e. The highest BCUT2D eigenvalue weighted by atomic mass is 35.5. The molecule has 1 N–H and O–H groups in total. The lowest BCUT2D eigenvalue weighted by Crippen LogP contribution is -2.16. The molecule has 0 heterocycles. The van der Waals surface area contributed by atoms with Crippen molar-refractivity contribution < 1.29 is 4.74 Å². The first-order chi connectivity index (χ1) is 8.75. The van der Waals surface area contributed by atoms with E-state index in [2.05, 4.69) is 5.32 Å². The van der Waals surface area contributed by atoms with Crippen molar-refractivity contribution in [3.63, 3.8) is 0 Å². The minimum absolute atomic E-state index is 0.726. The molecule has 1 saturated carbocycles. The first-order valence-corrected chi connectivity index (χ1v) is 7.23. The molecule has 0 spiro atoms. The smallest absolute Gasteiger partial charge is 0.0494 e. The topological polar surface area (TPSA) is 21.3 Å². The van der Waals surface area contributed by atoms with E-state index >= 15 is 0 Å². The molecule has 0 aliphatic heterocycles. The Hall–Kier alpha value is -0.280. The fraction of sp³-hybridized carbons (Fsp3) is 0.571. The highest BCUT2D eigenvalue weighted by molar-refractivity contribution is 6.33. The molecule has 1 aromatic carbocycles. The van der Waals surface area contributed by atoms with Gasteiger partial charge in [-0.2, -0.15) is 0 Å². The monoisotopic (exact) mass is 287 g/mol. The molecule has 1 fully saturated rings. The summed E-state index contributed by atoms with van der Waals surface area (Å²) in [4.78, 5) is 0. The Morgan fingerprint density at radius 1 is 1.28 bits per heavy atom. The van der Waals surface area contributed by atoms with E-state index in [1.165, 1.54) is 12.8 Å². The first kappa shape index (κ1) is 14.1. The molecule has 0 radical (unpaired) electrons. The van der Waals surface area contributed by atoms with E-state index in [0.29, 0.717) is 0 Å². The van der Waals surface area contributed by atoms with Crippen molar-refractivity contribution in [2.75, 3.05) is 19.8 Å². The van der Waals surface area contributed by atoms with Gasteiger partial charge < -0.3 is 10.1 Å². The van der Waals surface area contributed by atoms with Gasteiger partial charge in [-0.1, -0.05) is 23.2 Å². The molecule has 1 aliphatic rings. The van der Waals surface area contributed by atoms with E-state index < -0.39 is 0 Å². The van der Waals surface area contributed by atoms with Gasteiger partial charge in [0.2, 0.25) is 0 Å². The lowest BCUT2D eigenvalue weighted by atomic mass is 10.2. The van der Waals surface area contributed by atoms with Crippen molar-refractivity contribution in [2.45, 2.75) is 25.8 Å². The predicted molar refractivity (Wildman–Crippen MR) is 76.3 cm³/mol. The van der Waals surface area contributed by atoms with Crippen molar-refractivity contribution in [1.29, 1.82) is 0 Å². The molecule has 4 heteroatoms. The molecule has 0 saturated heterocycles. The van der Waals surface area contributed by atoms with Crippen LogP contribution in [0.25, 0.3) is 0 Å². The summed E-state index contributed by atoms with van der Waals surface area (Å²) in [7, 11) is 0. The molecule has 2 nitrogen and oxygen atoms in total. The molecule has 0 bridgehead atoms. The van der Waals surface area contributed by atoms with E-state index in [0.717, 1.165) is 54.3 Å². The van der Waals surface area contributed by atoms with Crippen molar-refractivity contribution >= 4 is 23.2 Å². The molecule has 0 amide bonds. The molecule has 0 aromatic heterocycles. The largest absolute Gasteiger partial charge is 0.381 e. The summed E-state index contributed by atoms with van der Waals surface area (Å²) in [6, 6.07) is 5.54. The lowest BCUT2D eigenvalue weighted by Gasteiger charge is -2.07. The van der Waals surface area contributed by atoms with Gasteiger partial charge in [0, 0.05) is 29.8 Å². The number of nitrogens with one attached hydrogen (secondary N) is 1. The summed E-state index contributed by atoms with van der Waals surface area (Å²) in [5, 5.41) is 4.84. The molecule has 1 aromatic rings. The number of ether oxygens (including phenoxy) is 1. The summed E-state index contributed by atoms with van der Waals surface area (Å²) in [6.07, 6.45) is 3.74. The average molecular weight is 288 g/mol. The number of hydrogen-bond acceptors (Lipinski definition) is 2. The number of benzene rings is 1. The van der Waals surface area contributed by atoms with Crippen LogP contribution in [0, 0.1) is 5.92 Å². The minimum atomic E-state index is 0.726. The predicted octanol–water partition coefficient (Wildman–Crippen LogP) is 3.90. The summed E-state index contributed by atoms with van der Waals surface area (Å²) in [5.74, 6) is 0.850. The van der Waals surface area contributed by atoms with Crippen molar-refractivity contribution in [1.82, 2.24) is 5.32 Å². The van der Waals surface area contributed by atoms with Gasteiger partial charge in [0.15, 0.2) is 0 Å². The highest BCUT2D eigenvalue weighted by Gasteiger charge is 2.20. The van der Waals surface area contributed by atoms with Crippen molar-refractivity contribution in [3.8, 4) is 0 Å². The summed E-state index contributed by atoms with van der Waals surface area (Å²) in [6.45, 7) is 3.47. The highest BCUT2D eigenvalue weighted by Crippen LogP contribution is 2.28. The van der Waals surface area contributed by atoms with Gasteiger partial charge in [0.25, 0.3) is 0 Å². The van der Waals surface area contributed by atoms with Crippen LogP contribution < -0.4 is 5.32 Å². The molecule has 0 unspecified atom stereocenters. The molecule has 2 rings (SSSR count). The Morgan fingerprint density at radius 3 is 2.89 bits per heavy atom. The SMILES string of the molecule is Clc1ccc(Cl)c(CNCCCOCC2CC2)c1. The minimum Gasteiger partial charge on any atom is -0.381 e. The van der Waals surface area contributed by atoms with Crippen LogP contribution in [0.2, 0.25) is 10.0 Å². The van der Waals surface area contributed by atoms with Crippen LogP contribution in [0.15, 0.2) is 18.2 Å². The normalized spacial score (nSPS) is 15.0. The molecule has 1 aliphatic carbocycles. The molecular weight excluding hydrogens is 269 g/mol. The standard InChI is InChI=1S/C14H19Cl2NO/c15-13-4-5-14(16)12(8-13)9-17-6-1-7-18-10-11-2-3-11/h4-5,8,11,17H,1-3,6-7,9-10H2. The zero-order chi connectivity index (χ0) is 12.8. The fourth-order valence-electron chi connectivity index (χ4n) is 1.74. The Kier molecular flexibility index (Phi) is 5.77. The van der Waals surface area contributed by atoms with Gasteiger partial charge in [-0.25, -0.2) is 0 Å². The fourth-order valence-corrected chi connectivity index (χ4v) is 2.11. The van der Waals surface area contributed by atoms with Crippen LogP contribution in [0.3, 0.4) is 0 Å². The van der Waals surface area contributed by atoms with Crippen LogP contribution in [0.5, 0.6) is 0 Å². The zero-order valence-corrected chi connectivity index (χ0v) is 11.9. The van der Waals surface area contributed by atoms with Crippen LogP contribution in [-0.2, 0) is 11.3 Å². The van der Waals surface area contributed by atoms with Gasteiger partial charge in [0.1, 0.15) is 0 Å². The second-order valence-corrected chi connectivity index (χ2v) is 5.63. The van der Waals surface area contributed by atoms with Gasteiger partial charge in [-0.3, -0.25) is 0 Å². The first-order valence-electron chi connectivity index (χ1n) is 6.48. The Morgan fingerprint density at radius 2 is 2.11 bits per heavy atom. The summed E-state index contributed by atoms with van der Waals surface area (Å²) >= 11 is 12.0. The van der Waals surface area contributed by atoms with Gasteiger partial charge in [-0.15, -0.1) is 0 Å². The second-order valence-electron chi connectivity index (χ2n) is 4.78.